The molecule has 0 aromatic carbocycles. The minimum atomic E-state index is -0.909. The van der Waals surface area contributed by atoms with Crippen LogP contribution in [0.25, 0.3) is 0 Å². The Labute approximate surface area is 149 Å². The fraction of sp³-hybridized carbons (Fsp3) is 0.800. The number of amides is 3. The second kappa shape index (κ2) is 7.86. The van der Waals surface area contributed by atoms with E-state index in [-0.39, 0.29) is 24.0 Å². The molecule has 9 heteroatoms. The number of aliphatic carboxylic acids is 1. The molecule has 0 aliphatic carbocycles. The van der Waals surface area contributed by atoms with Crippen molar-refractivity contribution < 1.29 is 19.5 Å². The van der Waals surface area contributed by atoms with Gasteiger partial charge in [0, 0.05) is 35.5 Å². The highest BCUT2D eigenvalue weighted by Gasteiger charge is 2.42. The lowest BCUT2D eigenvalue weighted by Gasteiger charge is -2.32. The first-order chi connectivity index (χ1) is 11.6. The molecule has 0 saturated carbocycles. The molecule has 3 saturated heterocycles. The molecular formula is C15H23N3O4S2. The Hall–Kier alpha value is -1.09. The zero-order chi connectivity index (χ0) is 17.1. The van der Waals surface area contributed by atoms with Gasteiger partial charge < -0.3 is 20.6 Å². The van der Waals surface area contributed by atoms with Crippen molar-refractivity contribution in [1.82, 2.24) is 15.5 Å². The molecule has 7 nitrogen and oxygen atoms in total. The van der Waals surface area contributed by atoms with Crippen LogP contribution in [0.3, 0.4) is 0 Å². The number of carbonyl (C=O) groups is 3. The largest absolute Gasteiger partial charge is 0.480 e. The van der Waals surface area contributed by atoms with Crippen LogP contribution in [0.4, 0.5) is 4.79 Å². The zero-order valence-corrected chi connectivity index (χ0v) is 15.0. The quantitative estimate of drug-likeness (QED) is 0.469. The van der Waals surface area contributed by atoms with Gasteiger partial charge in [0.1, 0.15) is 6.04 Å². The van der Waals surface area contributed by atoms with Crippen LogP contribution in [0.15, 0.2) is 0 Å². The summed E-state index contributed by atoms with van der Waals surface area (Å²) in [5, 5.41) is 15.5. The highest BCUT2D eigenvalue weighted by Crippen LogP contribution is 2.33. The van der Waals surface area contributed by atoms with E-state index in [1.165, 1.54) is 4.90 Å². The second-order valence-electron chi connectivity index (χ2n) is 6.38. The van der Waals surface area contributed by atoms with Crippen LogP contribution < -0.4 is 10.6 Å². The van der Waals surface area contributed by atoms with E-state index in [1.54, 1.807) is 11.8 Å². The molecular weight excluding hydrogens is 350 g/mol. The first-order valence-corrected chi connectivity index (χ1v) is 10.6. The molecule has 3 aliphatic heterocycles. The van der Waals surface area contributed by atoms with Gasteiger partial charge in [-0.3, -0.25) is 4.79 Å². The zero-order valence-electron chi connectivity index (χ0n) is 13.4. The Morgan fingerprint density at radius 3 is 2.88 bits per heavy atom. The Kier molecular flexibility index (Phi) is 5.80. The van der Waals surface area contributed by atoms with Crippen LogP contribution in [0.2, 0.25) is 0 Å². The van der Waals surface area contributed by atoms with Crippen molar-refractivity contribution in [2.24, 2.45) is 0 Å². The maximum Gasteiger partial charge on any atom is 0.327 e. The Bertz CT molecular complexity index is 519. The molecule has 1 unspecified atom stereocenters. The summed E-state index contributed by atoms with van der Waals surface area (Å²) < 4.78 is 0. The van der Waals surface area contributed by atoms with Gasteiger partial charge in [0.25, 0.3) is 0 Å². The number of carboxylic acids is 1. The Morgan fingerprint density at radius 1 is 1.25 bits per heavy atom. The lowest BCUT2D eigenvalue weighted by molar-refractivity contribution is -0.149. The molecule has 3 N–H and O–H groups in total. The van der Waals surface area contributed by atoms with Crippen molar-refractivity contribution in [3.8, 4) is 0 Å². The van der Waals surface area contributed by atoms with E-state index in [0.717, 1.165) is 30.8 Å². The fourth-order valence-corrected chi connectivity index (χ4v) is 6.10. The smallest absolute Gasteiger partial charge is 0.327 e. The molecule has 0 bridgehead atoms. The van der Waals surface area contributed by atoms with E-state index in [4.69, 9.17) is 0 Å². The minimum absolute atomic E-state index is 0.0458. The Balaban J connectivity index is 1.39. The molecule has 0 spiro atoms. The van der Waals surface area contributed by atoms with Gasteiger partial charge in [0.2, 0.25) is 5.91 Å². The summed E-state index contributed by atoms with van der Waals surface area (Å²) in [6.45, 7) is 0.528. The van der Waals surface area contributed by atoms with Gasteiger partial charge >= 0.3 is 12.0 Å². The number of unbranched alkanes of at least 4 members (excludes halogenated alkanes) is 1. The van der Waals surface area contributed by atoms with Gasteiger partial charge in [-0.25, -0.2) is 9.59 Å². The first kappa shape index (κ1) is 17.7. The van der Waals surface area contributed by atoms with Gasteiger partial charge in [-0.2, -0.15) is 23.5 Å². The molecule has 3 aliphatic rings. The lowest BCUT2D eigenvalue weighted by Crippen LogP contribution is -2.50. The standard InChI is InChI=1S/C15H23N3O4S2/c19-12(18-5-6-23-8-10(18)14(20)21)4-2-1-3-11-13-9(7-24-11)16-15(22)17-13/h9-11,13H,1-8H2,(H,20,21)(H2,16,17,22)/t9-,10?,11-,13-/m0/s1. The topological polar surface area (TPSA) is 98.7 Å². The number of carbonyl (C=O) groups excluding carboxylic acids is 2. The van der Waals surface area contributed by atoms with E-state index in [0.29, 0.717) is 24.0 Å². The highest BCUT2D eigenvalue weighted by atomic mass is 32.2. The minimum Gasteiger partial charge on any atom is -0.480 e. The van der Waals surface area contributed by atoms with Gasteiger partial charge in [0.15, 0.2) is 0 Å². The molecule has 4 atom stereocenters. The summed E-state index contributed by atoms with van der Waals surface area (Å²) >= 11 is 3.46. The molecule has 134 valence electrons. The number of thioether (sulfide) groups is 2. The number of urea groups is 1. The normalized spacial score (nSPS) is 32.2. The maximum absolute atomic E-state index is 12.3. The average molecular weight is 374 g/mol. The number of nitrogens with zero attached hydrogens (tertiary/aromatic N) is 1. The number of carboxylic acid groups (broad SMARTS) is 1. The third kappa shape index (κ3) is 3.93. The highest BCUT2D eigenvalue weighted by molar-refractivity contribution is 8.00. The van der Waals surface area contributed by atoms with Crippen LogP contribution in [0.5, 0.6) is 0 Å². The van der Waals surface area contributed by atoms with Crippen molar-refractivity contribution in [1.29, 1.82) is 0 Å². The molecule has 0 aromatic rings. The predicted molar refractivity (Wildman–Crippen MR) is 94.4 cm³/mol. The number of nitrogens with one attached hydrogen (secondary N) is 2. The molecule has 3 heterocycles. The number of rotatable bonds is 6. The summed E-state index contributed by atoms with van der Waals surface area (Å²) in [6.07, 6.45) is 3.07. The predicted octanol–water partition coefficient (Wildman–Crippen LogP) is 0.741. The van der Waals surface area contributed by atoms with Gasteiger partial charge in [-0.15, -0.1) is 0 Å². The average Bonchev–Trinajstić information content (AvgIpc) is 3.11. The van der Waals surface area contributed by atoms with Crippen LogP contribution >= 0.6 is 23.5 Å². The monoisotopic (exact) mass is 373 g/mol. The summed E-state index contributed by atoms with van der Waals surface area (Å²) in [6, 6.07) is -0.319. The van der Waals surface area contributed by atoms with E-state index in [2.05, 4.69) is 10.6 Å². The maximum atomic E-state index is 12.3. The molecule has 0 radical (unpaired) electrons. The Morgan fingerprint density at radius 2 is 2.08 bits per heavy atom. The number of hydrogen-bond donors (Lipinski definition) is 3. The summed E-state index contributed by atoms with van der Waals surface area (Å²) in [4.78, 5) is 36.4. The van der Waals surface area contributed by atoms with E-state index in [9.17, 15) is 19.5 Å². The SMILES string of the molecule is O=C1N[C@H]2[C@H](CS[C@H]2CCCCC(=O)N2CCSCC2C(=O)O)N1. The summed E-state index contributed by atoms with van der Waals surface area (Å²) in [5.41, 5.74) is 0. The van der Waals surface area contributed by atoms with Gasteiger partial charge in [-0.1, -0.05) is 6.42 Å². The van der Waals surface area contributed by atoms with Gasteiger partial charge in [0.05, 0.1) is 12.1 Å². The van der Waals surface area contributed by atoms with Crippen molar-refractivity contribution in [2.45, 2.75) is 49.1 Å². The van der Waals surface area contributed by atoms with Crippen molar-refractivity contribution in [3.05, 3.63) is 0 Å². The van der Waals surface area contributed by atoms with Crippen molar-refractivity contribution >= 4 is 41.4 Å². The molecule has 3 fully saturated rings. The summed E-state index contributed by atoms with van der Waals surface area (Å²) in [5.74, 6) is 1.28. The second-order valence-corrected chi connectivity index (χ2v) is 8.81. The molecule has 3 rings (SSSR count). The van der Waals surface area contributed by atoms with Crippen LogP contribution in [0.1, 0.15) is 25.7 Å². The van der Waals surface area contributed by atoms with E-state index >= 15 is 0 Å². The lowest BCUT2D eigenvalue weighted by atomic mass is 10.0. The molecule has 24 heavy (non-hydrogen) atoms. The van der Waals surface area contributed by atoms with Gasteiger partial charge in [-0.05, 0) is 12.8 Å². The molecule has 0 aromatic heterocycles. The first-order valence-electron chi connectivity index (χ1n) is 8.35. The van der Waals surface area contributed by atoms with E-state index < -0.39 is 12.0 Å². The van der Waals surface area contributed by atoms with Crippen molar-refractivity contribution in [3.63, 3.8) is 0 Å². The molecule has 3 amide bonds. The third-order valence-electron chi connectivity index (χ3n) is 4.80. The third-order valence-corrected chi connectivity index (χ3v) is 7.33. The van der Waals surface area contributed by atoms with Crippen LogP contribution in [-0.4, -0.2) is 75.1 Å². The van der Waals surface area contributed by atoms with Crippen molar-refractivity contribution in [2.75, 3.05) is 23.8 Å². The number of hydrogen-bond acceptors (Lipinski definition) is 5. The summed E-state index contributed by atoms with van der Waals surface area (Å²) in [7, 11) is 0. The van der Waals surface area contributed by atoms with Crippen LogP contribution in [-0.2, 0) is 9.59 Å². The number of fused-ring (bicyclic) bond motifs is 1. The van der Waals surface area contributed by atoms with Crippen LogP contribution in [0, 0.1) is 0 Å². The fourth-order valence-electron chi connectivity index (χ4n) is 3.52. The van der Waals surface area contributed by atoms with E-state index in [1.807, 2.05) is 11.8 Å².